The van der Waals surface area contributed by atoms with Gasteiger partial charge in [-0.2, -0.15) is 4.98 Å². The van der Waals surface area contributed by atoms with Crippen molar-refractivity contribution in [2.45, 2.75) is 19.9 Å². The van der Waals surface area contributed by atoms with Gasteiger partial charge in [-0.25, -0.2) is 0 Å². The van der Waals surface area contributed by atoms with Gasteiger partial charge in [0.05, 0.1) is 20.8 Å². The Morgan fingerprint density at radius 2 is 1.77 bits per heavy atom. The van der Waals surface area contributed by atoms with Gasteiger partial charge in [-0.3, -0.25) is 4.90 Å². The first-order valence-corrected chi connectivity index (χ1v) is 10.7. The van der Waals surface area contributed by atoms with Gasteiger partial charge in [-0.1, -0.05) is 28.9 Å². The van der Waals surface area contributed by atoms with Crippen molar-refractivity contribution < 1.29 is 14.0 Å². The zero-order valence-corrected chi connectivity index (χ0v) is 18.9. The number of halogens is 1. The number of methoxy groups -OCH3 is 2. The molecule has 8 heteroatoms. The number of hydrogen-bond acceptors (Lipinski definition) is 7. The minimum Gasteiger partial charge on any atom is -0.493 e. The normalized spacial score (nSPS) is 14.6. The fourth-order valence-electron chi connectivity index (χ4n) is 3.86. The highest BCUT2D eigenvalue weighted by molar-refractivity contribution is 6.30. The van der Waals surface area contributed by atoms with Crippen molar-refractivity contribution in [3.8, 4) is 11.5 Å². The van der Waals surface area contributed by atoms with Gasteiger partial charge in [0.25, 0.3) is 0 Å². The first-order valence-electron chi connectivity index (χ1n) is 10.3. The van der Waals surface area contributed by atoms with E-state index in [2.05, 4.69) is 32.9 Å². The van der Waals surface area contributed by atoms with Crippen molar-refractivity contribution in [1.82, 2.24) is 15.0 Å². The van der Waals surface area contributed by atoms with Crippen LogP contribution in [0, 0.1) is 6.92 Å². The molecule has 1 saturated heterocycles. The molecule has 0 aliphatic carbocycles. The van der Waals surface area contributed by atoms with E-state index in [0.717, 1.165) is 36.8 Å². The summed E-state index contributed by atoms with van der Waals surface area (Å²) in [4.78, 5) is 9.30. The molecule has 1 aliphatic heterocycles. The van der Waals surface area contributed by atoms with Crippen molar-refractivity contribution in [2.24, 2.45) is 0 Å². The van der Waals surface area contributed by atoms with E-state index >= 15 is 0 Å². The summed E-state index contributed by atoms with van der Waals surface area (Å²) in [5.74, 6) is 2.70. The Balaban J connectivity index is 1.33. The Morgan fingerprint density at radius 1 is 1.00 bits per heavy atom. The Labute approximate surface area is 187 Å². The lowest BCUT2D eigenvalue weighted by Gasteiger charge is -2.36. The van der Waals surface area contributed by atoms with Gasteiger partial charge in [-0.15, -0.1) is 0 Å². The van der Waals surface area contributed by atoms with E-state index in [9.17, 15) is 0 Å². The SMILES string of the molecule is COc1ccc(Cc2noc(CN3CCN(c4cc(Cl)ccc4C)CC3)n2)cc1OC. The van der Waals surface area contributed by atoms with Crippen molar-refractivity contribution in [1.29, 1.82) is 0 Å². The predicted octanol–water partition coefficient (Wildman–Crippen LogP) is 3.96. The molecule has 1 aromatic heterocycles. The predicted molar refractivity (Wildman–Crippen MR) is 120 cm³/mol. The average Bonchev–Trinajstić information content (AvgIpc) is 3.22. The summed E-state index contributed by atoms with van der Waals surface area (Å²) < 4.78 is 16.2. The van der Waals surface area contributed by atoms with Gasteiger partial charge in [0.1, 0.15) is 0 Å². The van der Waals surface area contributed by atoms with Crippen LogP contribution in [-0.4, -0.2) is 55.4 Å². The molecule has 2 aromatic carbocycles. The smallest absolute Gasteiger partial charge is 0.240 e. The molecule has 31 heavy (non-hydrogen) atoms. The zero-order chi connectivity index (χ0) is 21.8. The van der Waals surface area contributed by atoms with Crippen LogP contribution in [0.4, 0.5) is 5.69 Å². The highest BCUT2D eigenvalue weighted by Crippen LogP contribution is 2.28. The van der Waals surface area contributed by atoms with E-state index in [4.69, 9.17) is 25.6 Å². The van der Waals surface area contributed by atoms with Crippen molar-refractivity contribution in [3.05, 3.63) is 64.3 Å². The second-order valence-electron chi connectivity index (χ2n) is 7.66. The van der Waals surface area contributed by atoms with Gasteiger partial charge in [0.15, 0.2) is 17.3 Å². The summed E-state index contributed by atoms with van der Waals surface area (Å²) in [5.41, 5.74) is 3.49. The Bertz CT molecular complexity index is 1030. The minimum absolute atomic E-state index is 0.575. The van der Waals surface area contributed by atoms with Gasteiger partial charge in [0, 0.05) is 43.3 Å². The van der Waals surface area contributed by atoms with Gasteiger partial charge in [-0.05, 0) is 42.3 Å². The van der Waals surface area contributed by atoms with E-state index < -0.39 is 0 Å². The molecule has 1 fully saturated rings. The molecule has 0 spiro atoms. The molecule has 0 bridgehead atoms. The molecule has 0 N–H and O–H groups in total. The molecule has 0 radical (unpaired) electrons. The fourth-order valence-corrected chi connectivity index (χ4v) is 4.03. The third-order valence-corrected chi connectivity index (χ3v) is 5.80. The maximum absolute atomic E-state index is 6.19. The van der Waals surface area contributed by atoms with Crippen LogP contribution in [0.5, 0.6) is 11.5 Å². The lowest BCUT2D eigenvalue weighted by molar-refractivity contribution is 0.215. The molecule has 3 aromatic rings. The molecule has 164 valence electrons. The summed E-state index contributed by atoms with van der Waals surface area (Å²) in [6, 6.07) is 11.9. The van der Waals surface area contributed by atoms with E-state index in [0.29, 0.717) is 36.2 Å². The lowest BCUT2D eigenvalue weighted by atomic mass is 10.1. The zero-order valence-electron chi connectivity index (χ0n) is 18.1. The average molecular weight is 443 g/mol. The molecule has 0 amide bonds. The van der Waals surface area contributed by atoms with Crippen molar-refractivity contribution in [3.63, 3.8) is 0 Å². The number of rotatable bonds is 7. The number of nitrogens with zero attached hydrogens (tertiary/aromatic N) is 4. The Kier molecular flexibility index (Phi) is 6.63. The molecule has 0 unspecified atom stereocenters. The Morgan fingerprint density at radius 3 is 2.52 bits per heavy atom. The van der Waals surface area contributed by atoms with Crippen LogP contribution in [0.25, 0.3) is 0 Å². The van der Waals surface area contributed by atoms with Gasteiger partial charge >= 0.3 is 0 Å². The fraction of sp³-hybridized carbons (Fsp3) is 0.391. The van der Waals surface area contributed by atoms with Crippen LogP contribution in [0.15, 0.2) is 40.9 Å². The van der Waals surface area contributed by atoms with E-state index in [1.165, 1.54) is 11.3 Å². The van der Waals surface area contributed by atoms with E-state index in [1.807, 2.05) is 30.3 Å². The van der Waals surface area contributed by atoms with Gasteiger partial charge < -0.3 is 18.9 Å². The summed E-state index contributed by atoms with van der Waals surface area (Å²) in [7, 11) is 3.25. The second-order valence-corrected chi connectivity index (χ2v) is 8.10. The largest absolute Gasteiger partial charge is 0.493 e. The monoisotopic (exact) mass is 442 g/mol. The number of aryl methyl sites for hydroxylation is 1. The minimum atomic E-state index is 0.575. The number of ether oxygens (including phenoxy) is 2. The molecule has 2 heterocycles. The molecule has 4 rings (SSSR count). The van der Waals surface area contributed by atoms with Crippen LogP contribution in [0.3, 0.4) is 0 Å². The van der Waals surface area contributed by atoms with Gasteiger partial charge in [0.2, 0.25) is 5.89 Å². The number of anilines is 1. The molecular weight excluding hydrogens is 416 g/mol. The lowest BCUT2D eigenvalue weighted by Crippen LogP contribution is -2.46. The molecule has 0 atom stereocenters. The highest BCUT2D eigenvalue weighted by Gasteiger charge is 2.21. The van der Waals surface area contributed by atoms with Crippen LogP contribution in [-0.2, 0) is 13.0 Å². The highest BCUT2D eigenvalue weighted by atomic mass is 35.5. The summed E-state index contributed by atoms with van der Waals surface area (Å²) in [5, 5.41) is 4.92. The third-order valence-electron chi connectivity index (χ3n) is 5.56. The van der Waals surface area contributed by atoms with Crippen LogP contribution in [0.2, 0.25) is 5.02 Å². The van der Waals surface area contributed by atoms with Crippen molar-refractivity contribution in [2.75, 3.05) is 45.3 Å². The van der Waals surface area contributed by atoms with E-state index in [1.54, 1.807) is 14.2 Å². The van der Waals surface area contributed by atoms with Crippen LogP contribution < -0.4 is 14.4 Å². The van der Waals surface area contributed by atoms with E-state index in [-0.39, 0.29) is 0 Å². The number of benzene rings is 2. The summed E-state index contributed by atoms with van der Waals surface area (Å²) in [6.45, 7) is 6.51. The molecule has 1 aliphatic rings. The summed E-state index contributed by atoms with van der Waals surface area (Å²) >= 11 is 6.19. The van der Waals surface area contributed by atoms with Crippen LogP contribution in [0.1, 0.15) is 22.8 Å². The number of hydrogen-bond donors (Lipinski definition) is 0. The maximum Gasteiger partial charge on any atom is 0.240 e. The standard InChI is InChI=1S/C23H27ClN4O3/c1-16-4-6-18(24)14-19(16)28-10-8-27(9-11-28)15-23-25-22(26-31-23)13-17-5-7-20(29-2)21(12-17)30-3/h4-7,12,14H,8-11,13,15H2,1-3H3. The molecule has 7 nitrogen and oxygen atoms in total. The van der Waals surface area contributed by atoms with Crippen molar-refractivity contribution >= 4 is 17.3 Å². The first kappa shape index (κ1) is 21.5. The topological polar surface area (TPSA) is 63.9 Å². The first-order chi connectivity index (χ1) is 15.1. The molecular formula is C23H27ClN4O3. The number of aromatic nitrogens is 2. The second kappa shape index (κ2) is 9.58. The maximum atomic E-state index is 6.19. The quantitative estimate of drug-likeness (QED) is 0.548. The Hall–Kier alpha value is -2.77. The number of piperazine rings is 1. The molecule has 0 saturated carbocycles. The van der Waals surface area contributed by atoms with Crippen LogP contribution >= 0.6 is 11.6 Å². The third kappa shape index (κ3) is 5.11. The summed E-state index contributed by atoms with van der Waals surface area (Å²) in [6.07, 6.45) is 0.575.